The number of aliphatic hydroxyl groups is 2. The van der Waals surface area contributed by atoms with Gasteiger partial charge in [0.1, 0.15) is 12.4 Å². The minimum Gasteiger partial charge on any atom is -0.390 e. The van der Waals surface area contributed by atoms with Gasteiger partial charge in [0.25, 0.3) is 5.54 Å². The molecule has 76 valence electrons. The summed E-state index contributed by atoms with van der Waals surface area (Å²) in [6.07, 6.45) is -2.86. The van der Waals surface area contributed by atoms with Crippen molar-refractivity contribution in [3.8, 4) is 0 Å². The van der Waals surface area contributed by atoms with Crippen molar-refractivity contribution in [2.45, 2.75) is 38.0 Å². The van der Waals surface area contributed by atoms with E-state index in [0.717, 1.165) is 6.92 Å². The molecular formula is C7H13NO5. The largest absolute Gasteiger partial charge is 0.390 e. The van der Waals surface area contributed by atoms with Crippen molar-refractivity contribution < 1.29 is 19.9 Å². The third-order valence-corrected chi connectivity index (χ3v) is 2.01. The summed E-state index contributed by atoms with van der Waals surface area (Å²) >= 11 is 0. The van der Waals surface area contributed by atoms with Gasteiger partial charge >= 0.3 is 0 Å². The second-order valence-electron chi connectivity index (χ2n) is 3.17. The van der Waals surface area contributed by atoms with Crippen LogP contribution in [0.1, 0.15) is 20.3 Å². The molecule has 0 amide bonds. The molecule has 0 bridgehead atoms. The van der Waals surface area contributed by atoms with E-state index in [0.29, 0.717) is 6.29 Å². The maximum atomic E-state index is 10.5. The SMILES string of the molecule is CC(O)C(O)C(C)(CC=O)[N+](=O)[O-]. The first-order valence-electron chi connectivity index (χ1n) is 3.80. The summed E-state index contributed by atoms with van der Waals surface area (Å²) in [5, 5.41) is 28.8. The Bertz CT molecular complexity index is 205. The maximum absolute atomic E-state index is 10.5. The number of hydrogen-bond acceptors (Lipinski definition) is 5. The number of aldehydes is 1. The van der Waals surface area contributed by atoms with E-state index >= 15 is 0 Å². The van der Waals surface area contributed by atoms with Crippen molar-refractivity contribution in [1.82, 2.24) is 0 Å². The van der Waals surface area contributed by atoms with Gasteiger partial charge in [0.05, 0.1) is 12.5 Å². The van der Waals surface area contributed by atoms with E-state index in [1.807, 2.05) is 0 Å². The van der Waals surface area contributed by atoms with E-state index in [1.54, 1.807) is 0 Å². The molecule has 0 saturated heterocycles. The van der Waals surface area contributed by atoms with Gasteiger partial charge in [-0.1, -0.05) is 0 Å². The molecule has 6 heteroatoms. The normalized spacial score (nSPS) is 20.0. The Hall–Kier alpha value is -1.01. The topological polar surface area (TPSA) is 101 Å². The Morgan fingerprint density at radius 1 is 1.62 bits per heavy atom. The average molecular weight is 191 g/mol. The third-order valence-electron chi connectivity index (χ3n) is 2.01. The molecular weight excluding hydrogens is 178 g/mol. The number of hydrogen-bond donors (Lipinski definition) is 2. The molecule has 0 saturated carbocycles. The Morgan fingerprint density at radius 3 is 2.31 bits per heavy atom. The third kappa shape index (κ3) is 2.46. The highest BCUT2D eigenvalue weighted by molar-refractivity contribution is 5.51. The molecule has 0 aromatic rings. The number of nitro groups is 1. The fourth-order valence-corrected chi connectivity index (χ4v) is 0.992. The predicted octanol–water partition coefficient (Wildman–Crippen LogP) is -0.648. The molecule has 0 aromatic carbocycles. The summed E-state index contributed by atoms with van der Waals surface area (Å²) in [7, 11) is 0. The molecule has 0 aliphatic heterocycles. The lowest BCUT2D eigenvalue weighted by atomic mass is 9.89. The molecule has 3 atom stereocenters. The molecule has 0 spiro atoms. The van der Waals surface area contributed by atoms with E-state index in [2.05, 4.69) is 0 Å². The first-order valence-corrected chi connectivity index (χ1v) is 3.80. The number of rotatable bonds is 5. The molecule has 6 nitrogen and oxygen atoms in total. The standard InChI is InChI=1S/C7H13NO5/c1-5(10)6(11)7(2,3-4-9)8(12)13/h4-6,10-11H,3H2,1-2H3. The van der Waals surface area contributed by atoms with Gasteiger partial charge in [-0.05, 0) is 6.92 Å². The second-order valence-corrected chi connectivity index (χ2v) is 3.17. The van der Waals surface area contributed by atoms with Crippen LogP contribution in [-0.4, -0.2) is 39.2 Å². The molecule has 0 aliphatic carbocycles. The van der Waals surface area contributed by atoms with E-state index in [-0.39, 0.29) is 0 Å². The fraction of sp³-hybridized carbons (Fsp3) is 0.857. The molecule has 0 aliphatic rings. The zero-order valence-corrected chi connectivity index (χ0v) is 7.51. The summed E-state index contributed by atoms with van der Waals surface area (Å²) in [6, 6.07) is 0. The van der Waals surface area contributed by atoms with Crippen LogP contribution in [0.5, 0.6) is 0 Å². The quantitative estimate of drug-likeness (QED) is 0.341. The van der Waals surface area contributed by atoms with Crippen molar-refractivity contribution in [3.05, 3.63) is 10.1 Å². The molecule has 3 unspecified atom stereocenters. The molecule has 2 N–H and O–H groups in total. The van der Waals surface area contributed by atoms with Crippen LogP contribution in [0.25, 0.3) is 0 Å². The Balaban J connectivity index is 4.77. The fourth-order valence-electron chi connectivity index (χ4n) is 0.992. The van der Waals surface area contributed by atoms with Crippen LogP contribution in [0.3, 0.4) is 0 Å². The summed E-state index contributed by atoms with van der Waals surface area (Å²) < 4.78 is 0. The molecule has 0 heterocycles. The van der Waals surface area contributed by atoms with Crippen LogP contribution in [0.2, 0.25) is 0 Å². The zero-order chi connectivity index (χ0) is 10.6. The van der Waals surface area contributed by atoms with Crippen LogP contribution in [0.4, 0.5) is 0 Å². The Labute approximate surface area is 75.3 Å². The Kier molecular flexibility index (Phi) is 3.96. The summed E-state index contributed by atoms with van der Waals surface area (Å²) in [4.78, 5) is 19.9. The first-order chi connectivity index (χ1) is 5.86. The van der Waals surface area contributed by atoms with Gasteiger partial charge < -0.3 is 15.0 Å². The van der Waals surface area contributed by atoms with Gasteiger partial charge in [-0.3, -0.25) is 10.1 Å². The predicted molar refractivity (Wildman–Crippen MR) is 43.8 cm³/mol. The molecule has 0 radical (unpaired) electrons. The van der Waals surface area contributed by atoms with Crippen LogP contribution < -0.4 is 0 Å². The van der Waals surface area contributed by atoms with Gasteiger partial charge in [0.15, 0.2) is 0 Å². The number of aliphatic hydroxyl groups excluding tert-OH is 2. The maximum Gasteiger partial charge on any atom is 0.253 e. The van der Waals surface area contributed by atoms with E-state index in [4.69, 9.17) is 5.11 Å². The summed E-state index contributed by atoms with van der Waals surface area (Å²) in [6.45, 7) is 2.36. The lowest BCUT2D eigenvalue weighted by Gasteiger charge is -2.26. The van der Waals surface area contributed by atoms with Crippen LogP contribution in [0.15, 0.2) is 0 Å². The summed E-state index contributed by atoms with van der Waals surface area (Å²) in [5.41, 5.74) is -1.81. The van der Waals surface area contributed by atoms with Crippen molar-refractivity contribution >= 4 is 6.29 Å². The zero-order valence-electron chi connectivity index (χ0n) is 7.51. The lowest BCUT2D eigenvalue weighted by molar-refractivity contribution is -0.579. The van der Waals surface area contributed by atoms with E-state index in [9.17, 15) is 20.0 Å². The molecule has 0 rings (SSSR count). The second kappa shape index (κ2) is 4.29. The minimum absolute atomic E-state index is 0.356. The molecule has 0 fully saturated rings. The number of carbonyl (C=O) groups excluding carboxylic acids is 1. The smallest absolute Gasteiger partial charge is 0.253 e. The van der Waals surface area contributed by atoms with Crippen LogP contribution in [-0.2, 0) is 4.79 Å². The first kappa shape index (κ1) is 12.0. The number of carbonyl (C=O) groups is 1. The minimum atomic E-state index is -1.81. The highest BCUT2D eigenvalue weighted by Gasteiger charge is 2.47. The van der Waals surface area contributed by atoms with Crippen molar-refractivity contribution in [1.29, 1.82) is 0 Å². The highest BCUT2D eigenvalue weighted by Crippen LogP contribution is 2.20. The van der Waals surface area contributed by atoms with Crippen LogP contribution in [0, 0.1) is 10.1 Å². The monoisotopic (exact) mass is 191 g/mol. The van der Waals surface area contributed by atoms with E-state index < -0.39 is 29.1 Å². The van der Waals surface area contributed by atoms with Gasteiger partial charge in [0.2, 0.25) is 0 Å². The average Bonchev–Trinajstić information content (AvgIpc) is 2.02. The molecule has 0 aromatic heterocycles. The number of nitrogens with zero attached hydrogens (tertiary/aromatic N) is 1. The van der Waals surface area contributed by atoms with E-state index in [1.165, 1.54) is 6.92 Å². The van der Waals surface area contributed by atoms with Crippen molar-refractivity contribution in [2.75, 3.05) is 0 Å². The van der Waals surface area contributed by atoms with Crippen LogP contribution >= 0.6 is 0 Å². The van der Waals surface area contributed by atoms with Gasteiger partial charge in [0, 0.05) is 11.8 Å². The van der Waals surface area contributed by atoms with Gasteiger partial charge in [-0.25, -0.2) is 0 Å². The van der Waals surface area contributed by atoms with Crippen molar-refractivity contribution in [3.63, 3.8) is 0 Å². The van der Waals surface area contributed by atoms with Crippen molar-refractivity contribution in [2.24, 2.45) is 0 Å². The van der Waals surface area contributed by atoms with Gasteiger partial charge in [-0.15, -0.1) is 0 Å². The molecule has 13 heavy (non-hydrogen) atoms. The highest BCUT2D eigenvalue weighted by atomic mass is 16.6. The summed E-state index contributed by atoms with van der Waals surface area (Å²) in [5.74, 6) is 0. The van der Waals surface area contributed by atoms with Gasteiger partial charge in [-0.2, -0.15) is 0 Å². The Morgan fingerprint density at radius 2 is 2.08 bits per heavy atom. The lowest BCUT2D eigenvalue weighted by Crippen LogP contribution is -2.51.